The van der Waals surface area contributed by atoms with Crippen LogP contribution in [0.2, 0.25) is 5.02 Å². The van der Waals surface area contributed by atoms with Gasteiger partial charge in [0.05, 0.1) is 11.6 Å². The molecule has 0 fully saturated rings. The molecule has 2 aromatic carbocycles. The summed E-state index contributed by atoms with van der Waals surface area (Å²) in [4.78, 5) is 11.7. The van der Waals surface area contributed by atoms with Crippen molar-refractivity contribution in [1.82, 2.24) is 0 Å². The van der Waals surface area contributed by atoms with E-state index in [4.69, 9.17) is 16.0 Å². The van der Waals surface area contributed by atoms with Crippen molar-refractivity contribution in [3.05, 3.63) is 71.4 Å². The maximum absolute atomic E-state index is 11.7. The van der Waals surface area contributed by atoms with Gasteiger partial charge in [0.2, 0.25) is 5.91 Å². The van der Waals surface area contributed by atoms with Gasteiger partial charge in [-0.2, -0.15) is 0 Å². The number of amides is 1. The molecular formula is C21H21ClN2O2. The lowest BCUT2D eigenvalue weighted by Gasteiger charge is -2.09. The molecule has 26 heavy (non-hydrogen) atoms. The molecule has 0 aliphatic heterocycles. The quantitative estimate of drug-likeness (QED) is 0.577. The van der Waals surface area contributed by atoms with Gasteiger partial charge in [-0.05, 0) is 48.5 Å². The lowest BCUT2D eigenvalue weighted by molar-refractivity contribution is -0.118. The van der Waals surface area contributed by atoms with E-state index in [1.54, 1.807) is 0 Å². The fraction of sp³-hybridized carbons (Fsp3) is 0.190. The highest BCUT2D eigenvalue weighted by Crippen LogP contribution is 2.29. The highest BCUT2D eigenvalue weighted by Gasteiger charge is 2.09. The fourth-order valence-corrected chi connectivity index (χ4v) is 2.65. The maximum Gasteiger partial charge on any atom is 0.226 e. The molecule has 1 aromatic heterocycles. The van der Waals surface area contributed by atoms with Crippen molar-refractivity contribution < 1.29 is 9.21 Å². The van der Waals surface area contributed by atoms with Gasteiger partial charge in [-0.1, -0.05) is 37.6 Å². The van der Waals surface area contributed by atoms with Crippen LogP contribution < -0.4 is 10.6 Å². The molecule has 0 spiro atoms. The average molecular weight is 369 g/mol. The lowest BCUT2D eigenvalue weighted by atomic mass is 10.2. The summed E-state index contributed by atoms with van der Waals surface area (Å²) in [5.74, 6) is 1.53. The molecule has 0 aliphatic carbocycles. The fourth-order valence-electron chi connectivity index (χ4n) is 2.43. The smallest absolute Gasteiger partial charge is 0.226 e. The van der Waals surface area contributed by atoms with Crippen molar-refractivity contribution in [3.63, 3.8) is 0 Å². The summed E-state index contributed by atoms with van der Waals surface area (Å²) in [6.45, 7) is 4.29. The number of nitrogens with one attached hydrogen (secondary N) is 2. The molecule has 3 aromatic rings. The Morgan fingerprint density at radius 2 is 1.69 bits per heavy atom. The molecule has 1 heterocycles. The predicted molar refractivity (Wildman–Crippen MR) is 106 cm³/mol. The van der Waals surface area contributed by atoms with Crippen LogP contribution in [-0.4, -0.2) is 5.91 Å². The van der Waals surface area contributed by atoms with Crippen molar-refractivity contribution in [2.24, 2.45) is 5.92 Å². The number of furan rings is 1. The molecule has 0 bridgehead atoms. The summed E-state index contributed by atoms with van der Waals surface area (Å²) in [6.07, 6.45) is 0. The zero-order chi connectivity index (χ0) is 18.5. The first-order valence-corrected chi connectivity index (χ1v) is 8.89. The van der Waals surface area contributed by atoms with E-state index in [0.29, 0.717) is 11.6 Å². The number of hydrogen-bond donors (Lipinski definition) is 2. The third-order valence-electron chi connectivity index (χ3n) is 3.94. The van der Waals surface area contributed by atoms with Crippen LogP contribution in [0, 0.1) is 5.92 Å². The molecule has 5 heteroatoms. The van der Waals surface area contributed by atoms with Gasteiger partial charge in [-0.15, -0.1) is 0 Å². The van der Waals surface area contributed by atoms with Gasteiger partial charge in [-0.3, -0.25) is 4.79 Å². The molecule has 1 amide bonds. The van der Waals surface area contributed by atoms with Gasteiger partial charge >= 0.3 is 0 Å². The Kier molecular flexibility index (Phi) is 5.64. The average Bonchev–Trinajstić information content (AvgIpc) is 3.10. The van der Waals surface area contributed by atoms with Crippen molar-refractivity contribution in [2.75, 3.05) is 10.6 Å². The van der Waals surface area contributed by atoms with Crippen LogP contribution in [0.4, 0.5) is 11.4 Å². The van der Waals surface area contributed by atoms with Crippen molar-refractivity contribution in [1.29, 1.82) is 0 Å². The van der Waals surface area contributed by atoms with Gasteiger partial charge in [0.1, 0.15) is 11.5 Å². The van der Waals surface area contributed by atoms with Gasteiger partial charge in [-0.25, -0.2) is 0 Å². The first-order valence-electron chi connectivity index (χ1n) is 8.51. The summed E-state index contributed by atoms with van der Waals surface area (Å²) in [6, 6.07) is 19.1. The normalized spacial score (nSPS) is 10.8. The van der Waals surface area contributed by atoms with E-state index in [0.717, 1.165) is 28.5 Å². The largest absolute Gasteiger partial charge is 0.459 e. The molecule has 0 saturated carbocycles. The molecule has 0 saturated heterocycles. The summed E-state index contributed by atoms with van der Waals surface area (Å²) in [7, 11) is 0. The number of benzene rings is 2. The third-order valence-corrected chi connectivity index (χ3v) is 4.27. The Labute approximate surface area is 158 Å². The Bertz CT molecular complexity index is 885. The van der Waals surface area contributed by atoms with E-state index < -0.39 is 0 Å². The van der Waals surface area contributed by atoms with E-state index in [2.05, 4.69) is 10.6 Å². The molecule has 4 nitrogen and oxygen atoms in total. The van der Waals surface area contributed by atoms with E-state index in [-0.39, 0.29) is 11.8 Å². The van der Waals surface area contributed by atoms with Crippen molar-refractivity contribution in [3.8, 4) is 11.3 Å². The minimum absolute atomic E-state index is 0.00777. The van der Waals surface area contributed by atoms with E-state index in [9.17, 15) is 4.79 Å². The number of anilines is 2. The predicted octanol–water partition coefficient (Wildman–Crippen LogP) is 5.81. The highest BCUT2D eigenvalue weighted by atomic mass is 35.5. The Morgan fingerprint density at radius 1 is 1.00 bits per heavy atom. The summed E-state index contributed by atoms with van der Waals surface area (Å²) >= 11 is 6.21. The summed E-state index contributed by atoms with van der Waals surface area (Å²) in [5.41, 5.74) is 2.61. The minimum atomic E-state index is -0.0425. The Morgan fingerprint density at radius 3 is 2.38 bits per heavy atom. The maximum atomic E-state index is 11.7. The van der Waals surface area contributed by atoms with Gasteiger partial charge < -0.3 is 15.1 Å². The van der Waals surface area contributed by atoms with Crippen LogP contribution in [0.3, 0.4) is 0 Å². The van der Waals surface area contributed by atoms with E-state index in [1.807, 2.05) is 74.5 Å². The first kappa shape index (κ1) is 18.1. The van der Waals surface area contributed by atoms with Gasteiger partial charge in [0.25, 0.3) is 0 Å². The van der Waals surface area contributed by atoms with Crippen molar-refractivity contribution >= 4 is 28.9 Å². The van der Waals surface area contributed by atoms with Crippen LogP contribution in [0.15, 0.2) is 65.1 Å². The number of hydrogen-bond acceptors (Lipinski definition) is 3. The molecule has 0 unspecified atom stereocenters. The van der Waals surface area contributed by atoms with E-state index >= 15 is 0 Å². The van der Waals surface area contributed by atoms with Crippen LogP contribution in [0.1, 0.15) is 19.6 Å². The van der Waals surface area contributed by atoms with Gasteiger partial charge in [0, 0.05) is 22.9 Å². The summed E-state index contributed by atoms with van der Waals surface area (Å²) in [5, 5.41) is 6.84. The monoisotopic (exact) mass is 368 g/mol. The number of halogens is 1. The minimum Gasteiger partial charge on any atom is -0.459 e. The number of carbonyl (C=O) groups is 1. The highest BCUT2D eigenvalue weighted by molar-refractivity contribution is 6.33. The zero-order valence-corrected chi connectivity index (χ0v) is 15.5. The van der Waals surface area contributed by atoms with Crippen molar-refractivity contribution in [2.45, 2.75) is 20.4 Å². The van der Waals surface area contributed by atoms with Gasteiger partial charge in [0.15, 0.2) is 0 Å². The molecule has 0 atom stereocenters. The Balaban J connectivity index is 1.60. The topological polar surface area (TPSA) is 54.3 Å². The first-order chi connectivity index (χ1) is 12.5. The molecule has 0 aliphatic rings. The van der Waals surface area contributed by atoms with Crippen LogP contribution in [0.5, 0.6) is 0 Å². The van der Waals surface area contributed by atoms with Crippen LogP contribution in [0.25, 0.3) is 11.3 Å². The molecule has 2 N–H and O–H groups in total. The van der Waals surface area contributed by atoms with Crippen LogP contribution in [-0.2, 0) is 11.3 Å². The van der Waals surface area contributed by atoms with E-state index in [1.165, 1.54) is 0 Å². The standard InChI is InChI=1S/C21H21ClN2O2/c1-14(2)21(25)24-16-9-7-15(8-10-16)23-13-17-11-12-20(26-17)18-5-3-4-6-19(18)22/h3-12,14,23H,13H2,1-2H3,(H,24,25). The number of carbonyl (C=O) groups excluding carboxylic acids is 1. The Hall–Kier alpha value is -2.72. The SMILES string of the molecule is CC(C)C(=O)Nc1ccc(NCc2ccc(-c3ccccc3Cl)o2)cc1. The van der Waals surface area contributed by atoms with Crippen LogP contribution >= 0.6 is 11.6 Å². The third kappa shape index (κ3) is 4.46. The second kappa shape index (κ2) is 8.11. The molecule has 3 rings (SSSR count). The summed E-state index contributed by atoms with van der Waals surface area (Å²) < 4.78 is 5.87. The number of rotatable bonds is 6. The second-order valence-corrected chi connectivity index (χ2v) is 6.73. The molecular weight excluding hydrogens is 348 g/mol. The lowest BCUT2D eigenvalue weighted by Crippen LogP contribution is -2.17. The second-order valence-electron chi connectivity index (χ2n) is 6.32. The molecule has 134 valence electrons. The zero-order valence-electron chi connectivity index (χ0n) is 14.8. The molecule has 0 radical (unpaired) electrons.